The third-order valence-corrected chi connectivity index (χ3v) is 7.43. The molecule has 3 aliphatic rings. The first-order valence-electron chi connectivity index (χ1n) is 10.8. The van der Waals surface area contributed by atoms with Gasteiger partial charge in [0, 0.05) is 39.5 Å². The van der Waals surface area contributed by atoms with Gasteiger partial charge in [-0.15, -0.1) is 0 Å². The predicted molar refractivity (Wildman–Crippen MR) is 122 cm³/mol. The Hall–Kier alpha value is -1.34. The molecule has 8 heteroatoms. The molecule has 164 valence electrons. The number of rotatable bonds is 6. The van der Waals surface area contributed by atoms with Gasteiger partial charge in [-0.3, -0.25) is 4.90 Å². The second-order valence-electron chi connectivity index (χ2n) is 8.61. The van der Waals surface area contributed by atoms with Crippen molar-refractivity contribution < 1.29 is 9.53 Å². The predicted octanol–water partition coefficient (Wildman–Crippen LogP) is 4.05. The summed E-state index contributed by atoms with van der Waals surface area (Å²) in [4.78, 5) is 22.7. The van der Waals surface area contributed by atoms with E-state index in [-0.39, 0.29) is 12.1 Å². The molecule has 2 aliphatic heterocycles. The van der Waals surface area contributed by atoms with Crippen LogP contribution in [-0.4, -0.2) is 81.1 Å². The lowest BCUT2D eigenvalue weighted by molar-refractivity contribution is -0.00555. The molecule has 2 heterocycles. The summed E-state index contributed by atoms with van der Waals surface area (Å²) < 4.78 is 5.19. The summed E-state index contributed by atoms with van der Waals surface area (Å²) in [5.41, 5.74) is 1.04. The lowest BCUT2D eigenvalue weighted by atomic mass is 9.74. The van der Waals surface area contributed by atoms with E-state index in [0.717, 1.165) is 57.2 Å². The first-order valence-corrected chi connectivity index (χ1v) is 11.6. The zero-order valence-corrected chi connectivity index (χ0v) is 19.0. The van der Waals surface area contributed by atoms with E-state index in [1.54, 1.807) is 12.0 Å². The van der Waals surface area contributed by atoms with Gasteiger partial charge in [0.25, 0.3) is 0 Å². The second kappa shape index (κ2) is 9.86. The Morgan fingerprint density at radius 2 is 1.93 bits per heavy atom. The third kappa shape index (κ3) is 5.10. The van der Waals surface area contributed by atoms with Gasteiger partial charge in [-0.25, -0.2) is 9.79 Å². The lowest BCUT2D eigenvalue weighted by Gasteiger charge is -2.39. The Morgan fingerprint density at radius 3 is 2.63 bits per heavy atom. The van der Waals surface area contributed by atoms with Crippen molar-refractivity contribution in [1.82, 2.24) is 9.80 Å². The summed E-state index contributed by atoms with van der Waals surface area (Å²) >= 11 is 12.5. The molecule has 6 nitrogen and oxygen atoms in total. The van der Waals surface area contributed by atoms with Crippen molar-refractivity contribution in [1.29, 1.82) is 0 Å². The van der Waals surface area contributed by atoms with Crippen LogP contribution in [0.1, 0.15) is 19.3 Å². The van der Waals surface area contributed by atoms with Crippen molar-refractivity contribution in [2.75, 3.05) is 57.8 Å². The van der Waals surface area contributed by atoms with E-state index in [2.05, 4.69) is 14.8 Å². The van der Waals surface area contributed by atoms with Crippen LogP contribution in [0.3, 0.4) is 0 Å². The molecule has 3 fully saturated rings. The smallest absolute Gasteiger partial charge is 0.343 e. The van der Waals surface area contributed by atoms with E-state index in [4.69, 9.17) is 27.9 Å². The molecule has 0 spiro atoms. The molecule has 0 atom stereocenters. The lowest BCUT2D eigenvalue weighted by Crippen LogP contribution is -2.53. The van der Waals surface area contributed by atoms with Gasteiger partial charge in [-0.05, 0) is 49.8 Å². The molecule has 0 N–H and O–H groups in total. The van der Waals surface area contributed by atoms with Gasteiger partial charge in [0.1, 0.15) is 0 Å². The molecule has 0 aromatic heterocycles. The number of aliphatic imine (C=N–C) groups is 1. The van der Waals surface area contributed by atoms with E-state index in [0.29, 0.717) is 29.1 Å². The van der Waals surface area contributed by atoms with Crippen molar-refractivity contribution in [3.8, 4) is 0 Å². The maximum atomic E-state index is 12.0. The molecule has 2 saturated heterocycles. The Labute approximate surface area is 188 Å². The van der Waals surface area contributed by atoms with Crippen molar-refractivity contribution in [2.24, 2.45) is 16.8 Å². The summed E-state index contributed by atoms with van der Waals surface area (Å²) in [5.74, 6) is 1.21. The molecule has 1 aromatic carbocycles. The Bertz CT molecular complexity index is 770. The molecule has 0 unspecified atom stereocenters. The number of hydrogen-bond acceptors (Lipinski definition) is 4. The molecule has 0 radical (unpaired) electrons. The van der Waals surface area contributed by atoms with E-state index in [9.17, 15) is 4.79 Å². The van der Waals surface area contributed by atoms with Crippen LogP contribution < -0.4 is 4.90 Å². The quantitative estimate of drug-likeness (QED) is 0.610. The number of carbonyl (C=O) groups is 1. The van der Waals surface area contributed by atoms with Crippen LogP contribution in [0, 0.1) is 11.8 Å². The number of amides is 2. The van der Waals surface area contributed by atoms with Gasteiger partial charge in [0.2, 0.25) is 0 Å². The molecule has 30 heavy (non-hydrogen) atoms. The number of piperazine rings is 1. The van der Waals surface area contributed by atoms with Crippen molar-refractivity contribution in [3.05, 3.63) is 28.2 Å². The average molecular weight is 453 g/mol. The molecule has 1 aliphatic carbocycles. The minimum atomic E-state index is -0.121. The topological polar surface area (TPSA) is 48.4 Å². The normalized spacial score (nSPS) is 25.4. The number of anilines is 1. The fourth-order valence-electron chi connectivity index (χ4n) is 4.45. The first kappa shape index (κ1) is 21.9. The zero-order valence-electron chi connectivity index (χ0n) is 17.5. The van der Waals surface area contributed by atoms with Crippen LogP contribution >= 0.6 is 23.2 Å². The van der Waals surface area contributed by atoms with Crippen LogP contribution in [0.4, 0.5) is 10.5 Å². The van der Waals surface area contributed by atoms with Crippen LogP contribution in [-0.2, 0) is 4.74 Å². The van der Waals surface area contributed by atoms with Crippen LogP contribution in [0.5, 0.6) is 0 Å². The molecular formula is C22H30Cl2N4O2. The molecule has 0 bridgehead atoms. The second-order valence-corrected chi connectivity index (χ2v) is 9.40. The highest BCUT2D eigenvalue weighted by molar-refractivity contribution is 6.43. The van der Waals surface area contributed by atoms with Crippen LogP contribution in [0.25, 0.3) is 0 Å². The SMILES string of the molecule is COC1CN(C(=O)N=CC2CC(CCN3CCN(c4cccc(Cl)c4Cl)CC3)C2)C1. The number of methoxy groups -OCH3 is 1. The summed E-state index contributed by atoms with van der Waals surface area (Å²) in [6, 6.07) is 5.71. The molecule has 4 rings (SSSR count). The van der Waals surface area contributed by atoms with Gasteiger partial charge in [-0.1, -0.05) is 29.3 Å². The largest absolute Gasteiger partial charge is 0.378 e. The van der Waals surface area contributed by atoms with Crippen molar-refractivity contribution >= 4 is 41.1 Å². The van der Waals surface area contributed by atoms with E-state index >= 15 is 0 Å². The number of hydrogen-bond donors (Lipinski definition) is 0. The van der Waals surface area contributed by atoms with E-state index < -0.39 is 0 Å². The fourth-order valence-corrected chi connectivity index (χ4v) is 4.87. The Kier molecular flexibility index (Phi) is 7.19. The number of ether oxygens (including phenoxy) is 1. The number of likely N-dealkylation sites (tertiary alicyclic amines) is 1. The third-order valence-electron chi connectivity index (χ3n) is 6.62. The minimum absolute atomic E-state index is 0.121. The zero-order chi connectivity index (χ0) is 21.1. The number of nitrogens with zero attached hydrogens (tertiary/aromatic N) is 4. The van der Waals surface area contributed by atoms with Crippen molar-refractivity contribution in [2.45, 2.75) is 25.4 Å². The van der Waals surface area contributed by atoms with Crippen molar-refractivity contribution in [3.63, 3.8) is 0 Å². The monoisotopic (exact) mass is 452 g/mol. The summed E-state index contributed by atoms with van der Waals surface area (Å²) in [6.07, 6.45) is 5.57. The standard InChI is InChI=1S/C22H30Cl2N4O2/c1-30-18-14-28(15-18)22(29)25-13-17-11-16(12-17)5-6-26-7-9-27(10-8-26)20-4-2-3-19(23)21(20)24/h2-4,13,16-18H,5-12,14-15H2,1H3. The van der Waals surface area contributed by atoms with Crippen LogP contribution in [0.15, 0.2) is 23.2 Å². The van der Waals surface area contributed by atoms with Gasteiger partial charge in [-0.2, -0.15) is 0 Å². The highest BCUT2D eigenvalue weighted by atomic mass is 35.5. The average Bonchev–Trinajstić information content (AvgIpc) is 2.68. The summed E-state index contributed by atoms with van der Waals surface area (Å²) in [6.45, 7) is 6.51. The first-order chi connectivity index (χ1) is 14.5. The molecular weight excluding hydrogens is 423 g/mol. The van der Waals surface area contributed by atoms with Crippen LogP contribution in [0.2, 0.25) is 10.0 Å². The van der Waals surface area contributed by atoms with Gasteiger partial charge in [0.05, 0.1) is 34.9 Å². The summed E-state index contributed by atoms with van der Waals surface area (Å²) in [5, 5.41) is 1.27. The highest BCUT2D eigenvalue weighted by Crippen LogP contribution is 2.36. The van der Waals surface area contributed by atoms with Gasteiger partial charge < -0.3 is 14.5 Å². The number of carbonyl (C=O) groups excluding carboxylic acids is 1. The van der Waals surface area contributed by atoms with E-state index in [1.807, 2.05) is 24.4 Å². The number of urea groups is 1. The summed E-state index contributed by atoms with van der Waals surface area (Å²) in [7, 11) is 1.68. The maximum Gasteiger partial charge on any atom is 0.343 e. The highest BCUT2D eigenvalue weighted by Gasteiger charge is 2.32. The number of benzene rings is 1. The maximum absolute atomic E-state index is 12.0. The minimum Gasteiger partial charge on any atom is -0.378 e. The molecule has 2 amide bonds. The van der Waals surface area contributed by atoms with E-state index in [1.165, 1.54) is 6.42 Å². The fraction of sp³-hybridized carbons (Fsp3) is 0.636. The Balaban J connectivity index is 1.11. The molecule has 1 saturated carbocycles. The molecule has 1 aromatic rings. The van der Waals surface area contributed by atoms with Gasteiger partial charge in [0.15, 0.2) is 0 Å². The Morgan fingerprint density at radius 1 is 1.20 bits per heavy atom. The number of halogens is 2. The van der Waals surface area contributed by atoms with Gasteiger partial charge >= 0.3 is 6.03 Å².